The number of rotatable bonds is 7. The van der Waals surface area contributed by atoms with Gasteiger partial charge in [-0.2, -0.15) is 0 Å². The minimum atomic E-state index is -0.981. The Morgan fingerprint density at radius 2 is 1.93 bits per heavy atom. The van der Waals surface area contributed by atoms with Crippen molar-refractivity contribution in [1.82, 2.24) is 4.90 Å². The number of likely N-dealkylation sites (N-methyl/N-ethyl adjacent to an activating group) is 1. The van der Waals surface area contributed by atoms with E-state index in [1.807, 2.05) is 6.07 Å². The maximum atomic E-state index is 12.3. The Balaban J connectivity index is 1.81. The van der Waals surface area contributed by atoms with Gasteiger partial charge in [-0.25, -0.2) is 4.79 Å². The van der Waals surface area contributed by atoms with E-state index < -0.39 is 5.97 Å². The number of carboxylic acids is 1. The summed E-state index contributed by atoms with van der Waals surface area (Å²) in [6, 6.07) is 10.0. The summed E-state index contributed by atoms with van der Waals surface area (Å²) in [6.07, 6.45) is 1.67. The van der Waals surface area contributed by atoms with E-state index in [-0.39, 0.29) is 23.3 Å². The van der Waals surface area contributed by atoms with Crippen LogP contribution in [0.3, 0.4) is 0 Å². The first kappa shape index (κ1) is 22.2. The van der Waals surface area contributed by atoms with Gasteiger partial charge in [-0.05, 0) is 82.7 Å². The van der Waals surface area contributed by atoms with Crippen molar-refractivity contribution in [3.05, 3.63) is 61.6 Å². The molecule has 1 aliphatic rings. The SMILES string of the molecule is CCN1C(=O)S/C(=C/c2cc(I)c(OCc3ccc(C(=O)O)cc3)c(OC)c2)C1=O. The highest BCUT2D eigenvalue weighted by Gasteiger charge is 2.33. The van der Waals surface area contributed by atoms with Crippen molar-refractivity contribution in [3.63, 3.8) is 0 Å². The van der Waals surface area contributed by atoms with E-state index in [1.165, 1.54) is 24.1 Å². The standard InChI is InChI=1S/C21H18INO6S/c1-3-23-19(24)17(30-21(23)27)10-13-8-15(22)18(16(9-13)28-2)29-11-12-4-6-14(7-5-12)20(25)26/h4-10H,3,11H2,1-2H3,(H,25,26)/b17-10+. The third-order valence-electron chi connectivity index (χ3n) is 4.32. The second-order valence-corrected chi connectivity index (χ2v) is 8.41. The lowest BCUT2D eigenvalue weighted by Gasteiger charge is -2.14. The van der Waals surface area contributed by atoms with Crippen molar-refractivity contribution < 1.29 is 29.0 Å². The quantitative estimate of drug-likeness (QED) is 0.405. The highest BCUT2D eigenvalue weighted by Crippen LogP contribution is 2.37. The number of aromatic carboxylic acids is 1. The Kier molecular flexibility index (Phi) is 7.03. The van der Waals surface area contributed by atoms with E-state index >= 15 is 0 Å². The number of hydrogen-bond acceptors (Lipinski definition) is 6. The minimum Gasteiger partial charge on any atom is -0.493 e. The van der Waals surface area contributed by atoms with Crippen LogP contribution in [0, 0.1) is 3.57 Å². The van der Waals surface area contributed by atoms with Crippen LogP contribution in [0.1, 0.15) is 28.4 Å². The number of hydrogen-bond donors (Lipinski definition) is 1. The van der Waals surface area contributed by atoms with Crippen LogP contribution in [-0.2, 0) is 11.4 Å². The van der Waals surface area contributed by atoms with Crippen LogP contribution in [-0.4, -0.2) is 40.8 Å². The largest absolute Gasteiger partial charge is 0.493 e. The van der Waals surface area contributed by atoms with Gasteiger partial charge in [-0.1, -0.05) is 12.1 Å². The molecule has 2 aromatic carbocycles. The first-order chi connectivity index (χ1) is 14.3. The smallest absolute Gasteiger partial charge is 0.335 e. The number of carbonyl (C=O) groups is 3. The Morgan fingerprint density at radius 3 is 2.50 bits per heavy atom. The van der Waals surface area contributed by atoms with E-state index in [0.29, 0.717) is 22.9 Å². The third kappa shape index (κ3) is 4.78. The van der Waals surface area contributed by atoms with Crippen LogP contribution >= 0.6 is 34.4 Å². The van der Waals surface area contributed by atoms with E-state index in [1.54, 1.807) is 31.2 Å². The summed E-state index contributed by atoms with van der Waals surface area (Å²) < 4.78 is 12.1. The molecule has 0 saturated carbocycles. The molecule has 1 saturated heterocycles. The highest BCUT2D eigenvalue weighted by molar-refractivity contribution is 14.1. The summed E-state index contributed by atoms with van der Waals surface area (Å²) in [5, 5.41) is 8.70. The van der Waals surface area contributed by atoms with Crippen LogP contribution < -0.4 is 9.47 Å². The van der Waals surface area contributed by atoms with Crippen molar-refractivity contribution in [3.8, 4) is 11.5 Å². The second-order valence-electron chi connectivity index (χ2n) is 6.25. The average molecular weight is 539 g/mol. The molecule has 1 aliphatic heterocycles. The molecular weight excluding hydrogens is 521 g/mol. The molecule has 156 valence electrons. The van der Waals surface area contributed by atoms with Gasteiger partial charge >= 0.3 is 5.97 Å². The Hall–Kier alpha value is -2.53. The number of benzene rings is 2. The maximum Gasteiger partial charge on any atom is 0.335 e. The molecule has 0 bridgehead atoms. The molecule has 0 atom stereocenters. The third-order valence-corrected chi connectivity index (χ3v) is 6.03. The predicted molar refractivity (Wildman–Crippen MR) is 122 cm³/mol. The van der Waals surface area contributed by atoms with Crippen molar-refractivity contribution in [2.45, 2.75) is 13.5 Å². The molecule has 1 heterocycles. The van der Waals surface area contributed by atoms with Gasteiger partial charge in [0.15, 0.2) is 11.5 Å². The van der Waals surface area contributed by atoms with Crippen LogP contribution in [0.25, 0.3) is 6.08 Å². The minimum absolute atomic E-state index is 0.211. The topological polar surface area (TPSA) is 93.1 Å². The zero-order valence-corrected chi connectivity index (χ0v) is 19.2. The average Bonchev–Trinajstić information content (AvgIpc) is 2.99. The predicted octanol–water partition coefficient (Wildman–Crippen LogP) is 4.63. The molecule has 9 heteroatoms. The molecule has 0 aliphatic carbocycles. The Labute approximate surface area is 191 Å². The van der Waals surface area contributed by atoms with Crippen molar-refractivity contribution in [1.29, 1.82) is 0 Å². The molecule has 0 aromatic heterocycles. The van der Waals surface area contributed by atoms with Crippen LogP contribution in [0.5, 0.6) is 11.5 Å². The zero-order chi connectivity index (χ0) is 21.8. The number of nitrogens with zero attached hydrogens (tertiary/aromatic N) is 1. The fraction of sp³-hybridized carbons (Fsp3) is 0.190. The van der Waals surface area contributed by atoms with Gasteiger partial charge in [0.1, 0.15) is 6.61 Å². The molecule has 0 unspecified atom stereocenters. The second kappa shape index (κ2) is 9.52. The molecule has 0 spiro atoms. The number of amides is 2. The zero-order valence-electron chi connectivity index (χ0n) is 16.2. The number of thioether (sulfide) groups is 1. The Morgan fingerprint density at radius 1 is 1.23 bits per heavy atom. The monoisotopic (exact) mass is 539 g/mol. The molecule has 0 radical (unpaired) electrons. The van der Waals surface area contributed by atoms with Gasteiger partial charge in [0.25, 0.3) is 11.1 Å². The van der Waals surface area contributed by atoms with Crippen LogP contribution in [0.15, 0.2) is 41.3 Å². The van der Waals surface area contributed by atoms with Crippen LogP contribution in [0.4, 0.5) is 4.79 Å². The highest BCUT2D eigenvalue weighted by atomic mass is 127. The molecule has 7 nitrogen and oxygen atoms in total. The van der Waals surface area contributed by atoms with E-state index in [0.717, 1.165) is 26.5 Å². The van der Waals surface area contributed by atoms with Crippen LogP contribution in [0.2, 0.25) is 0 Å². The first-order valence-corrected chi connectivity index (χ1v) is 10.8. The van der Waals surface area contributed by atoms with E-state index in [4.69, 9.17) is 14.6 Å². The maximum absolute atomic E-state index is 12.3. The van der Waals surface area contributed by atoms with E-state index in [9.17, 15) is 14.4 Å². The number of carboxylic acid groups (broad SMARTS) is 1. The van der Waals surface area contributed by atoms with Crippen molar-refractivity contribution in [2.24, 2.45) is 0 Å². The molecular formula is C21H18INO6S. The molecule has 1 fully saturated rings. The van der Waals surface area contributed by atoms with Gasteiger partial charge in [0.2, 0.25) is 0 Å². The summed E-state index contributed by atoms with van der Waals surface area (Å²) in [7, 11) is 1.52. The summed E-state index contributed by atoms with van der Waals surface area (Å²) in [5.74, 6) is -0.248. The summed E-state index contributed by atoms with van der Waals surface area (Å²) in [5.41, 5.74) is 1.74. The number of halogens is 1. The summed E-state index contributed by atoms with van der Waals surface area (Å²) >= 11 is 3.04. The first-order valence-electron chi connectivity index (χ1n) is 8.92. The van der Waals surface area contributed by atoms with Gasteiger partial charge in [-0.3, -0.25) is 14.5 Å². The molecule has 30 heavy (non-hydrogen) atoms. The molecule has 1 N–H and O–H groups in total. The molecule has 2 aromatic rings. The van der Waals surface area contributed by atoms with Gasteiger partial charge in [0.05, 0.1) is 21.1 Å². The lowest BCUT2D eigenvalue weighted by molar-refractivity contribution is -0.122. The van der Waals surface area contributed by atoms with Crippen molar-refractivity contribution in [2.75, 3.05) is 13.7 Å². The summed E-state index contributed by atoms with van der Waals surface area (Å²) in [4.78, 5) is 36.7. The van der Waals surface area contributed by atoms with Gasteiger partial charge in [-0.15, -0.1) is 0 Å². The van der Waals surface area contributed by atoms with E-state index in [2.05, 4.69) is 22.6 Å². The number of methoxy groups -OCH3 is 1. The normalized spacial score (nSPS) is 15.0. The number of ether oxygens (including phenoxy) is 2. The number of carbonyl (C=O) groups excluding carboxylic acids is 2. The lowest BCUT2D eigenvalue weighted by atomic mass is 10.1. The van der Waals surface area contributed by atoms with Gasteiger partial charge in [0, 0.05) is 6.54 Å². The molecule has 3 rings (SSSR count). The molecule has 2 amide bonds. The Bertz CT molecular complexity index is 1030. The number of imide groups is 1. The summed E-state index contributed by atoms with van der Waals surface area (Å²) in [6.45, 7) is 2.33. The fourth-order valence-electron chi connectivity index (χ4n) is 2.79. The fourth-order valence-corrected chi connectivity index (χ4v) is 4.47. The van der Waals surface area contributed by atoms with Gasteiger partial charge < -0.3 is 14.6 Å². The van der Waals surface area contributed by atoms with Crippen molar-refractivity contribution >= 4 is 57.5 Å². The lowest BCUT2D eigenvalue weighted by Crippen LogP contribution is -2.27.